The molecule has 114 valence electrons. The van der Waals surface area contributed by atoms with E-state index in [1.165, 1.54) is 36.0 Å². The topological polar surface area (TPSA) is 29.5 Å². The van der Waals surface area contributed by atoms with Gasteiger partial charge in [-0.15, -0.1) is 0 Å². The first-order valence-corrected chi connectivity index (χ1v) is 8.26. The standard InChI is InChI=1S/C18H25NO2/c1-2-21-18(20)17-7-4-10-19(13-17)12-14-8-9-15-5-3-6-16(15)11-14/h8-9,11,17H,2-7,10,12-13H2,1H3. The van der Waals surface area contributed by atoms with E-state index in [1.54, 1.807) is 0 Å². The average molecular weight is 287 g/mol. The van der Waals surface area contributed by atoms with Gasteiger partial charge >= 0.3 is 5.97 Å². The van der Waals surface area contributed by atoms with Gasteiger partial charge in [0.05, 0.1) is 12.5 Å². The van der Waals surface area contributed by atoms with E-state index in [1.807, 2.05) is 6.92 Å². The van der Waals surface area contributed by atoms with Crippen LogP contribution in [0.3, 0.4) is 0 Å². The van der Waals surface area contributed by atoms with Crippen LogP contribution in [0.4, 0.5) is 0 Å². The number of aryl methyl sites for hydroxylation is 2. The van der Waals surface area contributed by atoms with Gasteiger partial charge in [0, 0.05) is 13.1 Å². The van der Waals surface area contributed by atoms with Crippen molar-refractivity contribution in [1.29, 1.82) is 0 Å². The highest BCUT2D eigenvalue weighted by molar-refractivity contribution is 5.72. The predicted octanol–water partition coefficient (Wildman–Crippen LogP) is 2.95. The molecule has 0 radical (unpaired) electrons. The van der Waals surface area contributed by atoms with Crippen molar-refractivity contribution in [2.45, 2.75) is 45.6 Å². The van der Waals surface area contributed by atoms with Crippen molar-refractivity contribution in [3.63, 3.8) is 0 Å². The van der Waals surface area contributed by atoms with E-state index in [9.17, 15) is 4.79 Å². The summed E-state index contributed by atoms with van der Waals surface area (Å²) in [5, 5.41) is 0. The number of hydrogen-bond donors (Lipinski definition) is 0. The quantitative estimate of drug-likeness (QED) is 0.797. The molecule has 21 heavy (non-hydrogen) atoms. The highest BCUT2D eigenvalue weighted by atomic mass is 16.5. The van der Waals surface area contributed by atoms with Crippen LogP contribution in [0.2, 0.25) is 0 Å². The number of rotatable bonds is 4. The van der Waals surface area contributed by atoms with Crippen molar-refractivity contribution < 1.29 is 9.53 Å². The maximum atomic E-state index is 11.9. The van der Waals surface area contributed by atoms with Crippen LogP contribution in [0.1, 0.15) is 42.9 Å². The van der Waals surface area contributed by atoms with Crippen molar-refractivity contribution in [3.05, 3.63) is 34.9 Å². The average Bonchev–Trinajstić information content (AvgIpc) is 2.95. The first kappa shape index (κ1) is 14.6. The molecule has 0 N–H and O–H groups in total. The SMILES string of the molecule is CCOC(=O)C1CCCN(Cc2ccc3c(c2)CCC3)C1. The Morgan fingerprint density at radius 3 is 3.00 bits per heavy atom. The molecule has 1 heterocycles. The summed E-state index contributed by atoms with van der Waals surface area (Å²) in [6.07, 6.45) is 5.83. The molecule has 1 fully saturated rings. The first-order valence-electron chi connectivity index (χ1n) is 8.26. The normalized spacial score (nSPS) is 22.0. The number of hydrogen-bond acceptors (Lipinski definition) is 3. The van der Waals surface area contributed by atoms with Crippen LogP contribution in [0, 0.1) is 5.92 Å². The number of nitrogens with zero attached hydrogens (tertiary/aromatic N) is 1. The molecule has 0 amide bonds. The number of carbonyl (C=O) groups is 1. The summed E-state index contributed by atoms with van der Waals surface area (Å²) in [6.45, 7) is 5.26. The molecule has 3 nitrogen and oxygen atoms in total. The molecule has 2 aliphatic rings. The minimum atomic E-state index is -0.0175. The largest absolute Gasteiger partial charge is 0.466 e. The lowest BCUT2D eigenvalue weighted by Gasteiger charge is -2.31. The predicted molar refractivity (Wildman–Crippen MR) is 83.1 cm³/mol. The van der Waals surface area contributed by atoms with E-state index in [-0.39, 0.29) is 11.9 Å². The molecule has 1 atom stereocenters. The Balaban J connectivity index is 1.61. The lowest BCUT2D eigenvalue weighted by atomic mass is 9.97. The van der Waals surface area contributed by atoms with Gasteiger partial charge in [0.25, 0.3) is 0 Å². The van der Waals surface area contributed by atoms with Crippen LogP contribution in [-0.4, -0.2) is 30.6 Å². The Labute approximate surface area is 127 Å². The zero-order valence-electron chi connectivity index (χ0n) is 12.9. The van der Waals surface area contributed by atoms with Crippen molar-refractivity contribution in [3.8, 4) is 0 Å². The summed E-state index contributed by atoms with van der Waals surface area (Å²) in [7, 11) is 0. The fourth-order valence-corrected chi connectivity index (χ4v) is 3.63. The maximum Gasteiger partial charge on any atom is 0.310 e. The third-order valence-corrected chi connectivity index (χ3v) is 4.69. The third kappa shape index (κ3) is 3.46. The minimum Gasteiger partial charge on any atom is -0.466 e. The monoisotopic (exact) mass is 287 g/mol. The van der Waals surface area contributed by atoms with Crippen LogP contribution in [0.5, 0.6) is 0 Å². The second kappa shape index (κ2) is 6.61. The van der Waals surface area contributed by atoms with E-state index >= 15 is 0 Å². The van der Waals surface area contributed by atoms with Gasteiger partial charge in [-0.25, -0.2) is 0 Å². The Kier molecular flexibility index (Phi) is 4.59. The molecule has 0 aromatic heterocycles. The third-order valence-electron chi connectivity index (χ3n) is 4.69. The second-order valence-corrected chi connectivity index (χ2v) is 6.28. The van der Waals surface area contributed by atoms with Crippen LogP contribution in [0.15, 0.2) is 18.2 Å². The van der Waals surface area contributed by atoms with Gasteiger partial charge in [0.1, 0.15) is 0 Å². The van der Waals surface area contributed by atoms with Gasteiger partial charge < -0.3 is 4.74 Å². The van der Waals surface area contributed by atoms with Crippen molar-refractivity contribution in [1.82, 2.24) is 4.90 Å². The van der Waals surface area contributed by atoms with Gasteiger partial charge in [-0.3, -0.25) is 9.69 Å². The molecule has 0 spiro atoms. The second-order valence-electron chi connectivity index (χ2n) is 6.28. The Hall–Kier alpha value is -1.35. The van der Waals surface area contributed by atoms with E-state index in [0.717, 1.165) is 32.5 Å². The molecule has 3 heteroatoms. The van der Waals surface area contributed by atoms with Crippen LogP contribution in [-0.2, 0) is 28.9 Å². The Bertz CT molecular complexity index is 512. The Morgan fingerprint density at radius 2 is 2.14 bits per heavy atom. The number of carbonyl (C=O) groups excluding carboxylic acids is 1. The summed E-state index contributed by atoms with van der Waals surface area (Å²) >= 11 is 0. The lowest BCUT2D eigenvalue weighted by Crippen LogP contribution is -2.38. The molecule has 0 saturated carbocycles. The van der Waals surface area contributed by atoms with E-state index in [4.69, 9.17) is 4.74 Å². The summed E-state index contributed by atoms with van der Waals surface area (Å²) in [6, 6.07) is 6.93. The molecule has 1 aliphatic carbocycles. The molecule has 0 bridgehead atoms. The molecule has 3 rings (SSSR count). The van der Waals surface area contributed by atoms with Gasteiger partial charge in [0.15, 0.2) is 0 Å². The molecule has 1 unspecified atom stereocenters. The zero-order chi connectivity index (χ0) is 14.7. The van der Waals surface area contributed by atoms with Crippen LogP contribution in [0.25, 0.3) is 0 Å². The first-order chi connectivity index (χ1) is 10.3. The summed E-state index contributed by atoms with van der Waals surface area (Å²) in [5.41, 5.74) is 4.45. The number of ether oxygens (including phenoxy) is 1. The molecular formula is C18H25NO2. The number of esters is 1. The molecule has 1 aromatic rings. The van der Waals surface area contributed by atoms with E-state index in [2.05, 4.69) is 23.1 Å². The fraction of sp³-hybridized carbons (Fsp3) is 0.611. The van der Waals surface area contributed by atoms with Gasteiger partial charge in [-0.05, 0) is 62.3 Å². The van der Waals surface area contributed by atoms with Crippen LogP contribution >= 0.6 is 0 Å². The molecule has 1 saturated heterocycles. The summed E-state index contributed by atoms with van der Waals surface area (Å²) in [5.74, 6) is 0.0456. The van der Waals surface area contributed by atoms with E-state index in [0.29, 0.717) is 6.61 Å². The van der Waals surface area contributed by atoms with Gasteiger partial charge in [-0.1, -0.05) is 18.2 Å². The summed E-state index contributed by atoms with van der Waals surface area (Å²) in [4.78, 5) is 14.3. The highest BCUT2D eigenvalue weighted by Crippen LogP contribution is 2.25. The Morgan fingerprint density at radius 1 is 1.29 bits per heavy atom. The minimum absolute atomic E-state index is 0.0175. The summed E-state index contributed by atoms with van der Waals surface area (Å²) < 4.78 is 5.17. The number of piperidine rings is 1. The van der Waals surface area contributed by atoms with Crippen LogP contribution < -0.4 is 0 Å². The highest BCUT2D eigenvalue weighted by Gasteiger charge is 2.26. The number of fused-ring (bicyclic) bond motifs is 1. The molecular weight excluding hydrogens is 262 g/mol. The van der Waals surface area contributed by atoms with E-state index < -0.39 is 0 Å². The van der Waals surface area contributed by atoms with Crippen molar-refractivity contribution in [2.24, 2.45) is 5.92 Å². The maximum absolute atomic E-state index is 11.9. The smallest absolute Gasteiger partial charge is 0.310 e. The number of benzene rings is 1. The van der Waals surface area contributed by atoms with Crippen molar-refractivity contribution >= 4 is 5.97 Å². The molecule has 1 aromatic carbocycles. The van der Waals surface area contributed by atoms with Gasteiger partial charge in [-0.2, -0.15) is 0 Å². The number of likely N-dealkylation sites (tertiary alicyclic amines) is 1. The fourth-order valence-electron chi connectivity index (χ4n) is 3.63. The zero-order valence-corrected chi connectivity index (χ0v) is 12.9. The van der Waals surface area contributed by atoms with Crippen molar-refractivity contribution in [2.75, 3.05) is 19.7 Å². The molecule has 1 aliphatic heterocycles. The van der Waals surface area contributed by atoms with Gasteiger partial charge in [0.2, 0.25) is 0 Å². The lowest BCUT2D eigenvalue weighted by molar-refractivity contribution is -0.150.